The van der Waals surface area contributed by atoms with E-state index in [4.69, 9.17) is 0 Å². The summed E-state index contributed by atoms with van der Waals surface area (Å²) in [6.45, 7) is 3.75. The standard InChI is InChI=1S/C22H19FN4O/c1-14(2)24-22(28)19-12-20(16-10-6-7-11-17(16)23)27-21(25-19)13-18(26-27)15-8-4-3-5-9-15/h3-14H,1-2H3,(H,24,28). The Morgan fingerprint density at radius 1 is 1.04 bits per heavy atom. The second-order valence-corrected chi connectivity index (χ2v) is 6.80. The average Bonchev–Trinajstić information content (AvgIpc) is 3.12. The largest absolute Gasteiger partial charge is 0.349 e. The van der Waals surface area contributed by atoms with Crippen LogP contribution in [0.2, 0.25) is 0 Å². The number of halogens is 1. The highest BCUT2D eigenvalue weighted by Crippen LogP contribution is 2.27. The average molecular weight is 374 g/mol. The van der Waals surface area contributed by atoms with Crippen molar-refractivity contribution >= 4 is 11.6 Å². The normalized spacial score (nSPS) is 11.1. The van der Waals surface area contributed by atoms with Crippen molar-refractivity contribution in [2.45, 2.75) is 19.9 Å². The SMILES string of the molecule is CC(C)NC(=O)c1cc(-c2ccccc2F)n2nc(-c3ccccc3)cc2n1. The maximum atomic E-state index is 14.5. The Kier molecular flexibility index (Phi) is 4.61. The molecule has 5 nitrogen and oxygen atoms in total. The lowest BCUT2D eigenvalue weighted by molar-refractivity contribution is 0.0938. The van der Waals surface area contributed by atoms with Crippen LogP contribution < -0.4 is 5.32 Å². The summed E-state index contributed by atoms with van der Waals surface area (Å²) in [7, 11) is 0. The molecular formula is C22H19FN4O. The molecule has 1 amide bonds. The van der Waals surface area contributed by atoms with Crippen LogP contribution in [0.5, 0.6) is 0 Å². The molecule has 0 fully saturated rings. The summed E-state index contributed by atoms with van der Waals surface area (Å²) in [5.74, 6) is -0.695. The maximum Gasteiger partial charge on any atom is 0.270 e. The second-order valence-electron chi connectivity index (χ2n) is 6.80. The topological polar surface area (TPSA) is 59.3 Å². The van der Waals surface area contributed by atoms with E-state index in [1.165, 1.54) is 6.07 Å². The van der Waals surface area contributed by atoms with E-state index in [-0.39, 0.29) is 23.5 Å². The highest BCUT2D eigenvalue weighted by atomic mass is 19.1. The number of hydrogen-bond donors (Lipinski definition) is 1. The van der Waals surface area contributed by atoms with Gasteiger partial charge in [0, 0.05) is 23.2 Å². The molecule has 0 unspecified atom stereocenters. The summed E-state index contributed by atoms with van der Waals surface area (Å²) >= 11 is 0. The molecule has 0 atom stereocenters. The number of aromatic nitrogens is 3. The molecule has 6 heteroatoms. The first-order chi connectivity index (χ1) is 13.5. The third-order valence-corrected chi connectivity index (χ3v) is 4.30. The predicted molar refractivity (Wildman–Crippen MR) is 106 cm³/mol. The molecule has 1 N–H and O–H groups in total. The predicted octanol–water partition coefficient (Wildman–Crippen LogP) is 4.34. The van der Waals surface area contributed by atoms with Crippen LogP contribution in [-0.2, 0) is 0 Å². The van der Waals surface area contributed by atoms with Gasteiger partial charge in [-0.2, -0.15) is 5.10 Å². The number of rotatable bonds is 4. The molecule has 0 aliphatic rings. The van der Waals surface area contributed by atoms with E-state index in [0.29, 0.717) is 22.6 Å². The molecule has 0 radical (unpaired) electrons. The summed E-state index contributed by atoms with van der Waals surface area (Å²) < 4.78 is 16.1. The summed E-state index contributed by atoms with van der Waals surface area (Å²) in [5, 5.41) is 7.45. The van der Waals surface area contributed by atoms with E-state index >= 15 is 0 Å². The van der Waals surface area contributed by atoms with Crippen molar-refractivity contribution in [3.63, 3.8) is 0 Å². The van der Waals surface area contributed by atoms with E-state index in [2.05, 4.69) is 15.4 Å². The van der Waals surface area contributed by atoms with Crippen LogP contribution in [0.3, 0.4) is 0 Å². The first-order valence-corrected chi connectivity index (χ1v) is 9.05. The van der Waals surface area contributed by atoms with Crippen LogP contribution >= 0.6 is 0 Å². The minimum atomic E-state index is -0.387. The molecule has 0 aliphatic heterocycles. The molecule has 140 valence electrons. The van der Waals surface area contributed by atoms with Crippen molar-refractivity contribution in [3.05, 3.63) is 78.2 Å². The maximum absolute atomic E-state index is 14.5. The number of fused-ring (bicyclic) bond motifs is 1. The van der Waals surface area contributed by atoms with Gasteiger partial charge in [0.2, 0.25) is 0 Å². The molecular weight excluding hydrogens is 355 g/mol. The molecule has 0 spiro atoms. The van der Waals surface area contributed by atoms with Gasteiger partial charge in [-0.05, 0) is 32.0 Å². The van der Waals surface area contributed by atoms with Gasteiger partial charge in [0.05, 0.1) is 11.4 Å². The Morgan fingerprint density at radius 2 is 1.75 bits per heavy atom. The van der Waals surface area contributed by atoms with Crippen LogP contribution in [0.15, 0.2) is 66.7 Å². The quantitative estimate of drug-likeness (QED) is 0.578. The van der Waals surface area contributed by atoms with Gasteiger partial charge in [-0.1, -0.05) is 42.5 Å². The van der Waals surface area contributed by atoms with Gasteiger partial charge in [0.25, 0.3) is 5.91 Å². The summed E-state index contributed by atoms with van der Waals surface area (Å²) in [4.78, 5) is 17.0. The molecule has 0 saturated carbocycles. The lowest BCUT2D eigenvalue weighted by Crippen LogP contribution is -2.31. The zero-order valence-electron chi connectivity index (χ0n) is 15.6. The molecule has 2 heterocycles. The molecule has 4 aromatic rings. The number of hydrogen-bond acceptors (Lipinski definition) is 3. The molecule has 0 aliphatic carbocycles. The zero-order valence-corrected chi connectivity index (χ0v) is 15.6. The van der Waals surface area contributed by atoms with E-state index in [9.17, 15) is 9.18 Å². The number of carbonyl (C=O) groups is 1. The zero-order chi connectivity index (χ0) is 19.7. The Balaban J connectivity index is 1.94. The van der Waals surface area contributed by atoms with Crippen LogP contribution in [0.4, 0.5) is 4.39 Å². The van der Waals surface area contributed by atoms with Crippen molar-refractivity contribution in [2.75, 3.05) is 0 Å². The fraction of sp³-hybridized carbons (Fsp3) is 0.136. The van der Waals surface area contributed by atoms with Gasteiger partial charge in [-0.3, -0.25) is 4.79 Å². The number of carbonyl (C=O) groups excluding carboxylic acids is 1. The fourth-order valence-electron chi connectivity index (χ4n) is 3.04. The summed E-state index contributed by atoms with van der Waals surface area (Å²) in [5.41, 5.74) is 3.15. The second kappa shape index (κ2) is 7.23. The van der Waals surface area contributed by atoms with Gasteiger partial charge < -0.3 is 5.32 Å². The third-order valence-electron chi connectivity index (χ3n) is 4.30. The number of amides is 1. The Morgan fingerprint density at radius 3 is 2.46 bits per heavy atom. The first kappa shape index (κ1) is 17.9. The van der Waals surface area contributed by atoms with Crippen molar-refractivity contribution in [2.24, 2.45) is 0 Å². The van der Waals surface area contributed by atoms with Gasteiger partial charge >= 0.3 is 0 Å². The van der Waals surface area contributed by atoms with Gasteiger partial charge in [-0.25, -0.2) is 13.9 Å². The fourth-order valence-corrected chi connectivity index (χ4v) is 3.04. The molecule has 2 aromatic carbocycles. The third kappa shape index (κ3) is 3.36. The van der Waals surface area contributed by atoms with Crippen LogP contribution in [0.1, 0.15) is 24.3 Å². The monoisotopic (exact) mass is 374 g/mol. The van der Waals surface area contributed by atoms with E-state index in [1.807, 2.05) is 44.2 Å². The smallest absolute Gasteiger partial charge is 0.270 e. The van der Waals surface area contributed by atoms with E-state index < -0.39 is 0 Å². The minimum Gasteiger partial charge on any atom is -0.349 e. The van der Waals surface area contributed by atoms with Crippen molar-refractivity contribution in [3.8, 4) is 22.5 Å². The number of nitrogens with one attached hydrogen (secondary N) is 1. The molecule has 2 aromatic heterocycles. The Hall–Kier alpha value is -3.54. The van der Waals surface area contributed by atoms with E-state index in [1.54, 1.807) is 34.8 Å². The molecule has 28 heavy (non-hydrogen) atoms. The van der Waals surface area contributed by atoms with Gasteiger partial charge in [0.15, 0.2) is 5.65 Å². The summed E-state index contributed by atoms with van der Waals surface area (Å²) in [6, 6.07) is 19.4. The van der Waals surface area contributed by atoms with Crippen LogP contribution in [0.25, 0.3) is 28.2 Å². The highest BCUT2D eigenvalue weighted by Gasteiger charge is 2.18. The minimum absolute atomic E-state index is 0.0350. The van der Waals surface area contributed by atoms with Crippen LogP contribution in [-0.4, -0.2) is 26.5 Å². The van der Waals surface area contributed by atoms with Crippen molar-refractivity contribution in [1.82, 2.24) is 19.9 Å². The molecule has 0 bridgehead atoms. The van der Waals surface area contributed by atoms with Crippen LogP contribution in [0, 0.1) is 5.82 Å². The van der Waals surface area contributed by atoms with Crippen molar-refractivity contribution < 1.29 is 9.18 Å². The van der Waals surface area contributed by atoms with Crippen molar-refractivity contribution in [1.29, 1.82) is 0 Å². The number of nitrogens with zero attached hydrogens (tertiary/aromatic N) is 3. The lowest BCUT2D eigenvalue weighted by atomic mass is 10.1. The molecule has 4 rings (SSSR count). The summed E-state index contributed by atoms with van der Waals surface area (Å²) in [6.07, 6.45) is 0. The number of benzene rings is 2. The first-order valence-electron chi connectivity index (χ1n) is 9.05. The molecule has 0 saturated heterocycles. The highest BCUT2D eigenvalue weighted by molar-refractivity contribution is 5.94. The Labute approximate surface area is 161 Å². The van der Waals surface area contributed by atoms with Gasteiger partial charge in [0.1, 0.15) is 11.5 Å². The van der Waals surface area contributed by atoms with E-state index in [0.717, 1.165) is 5.56 Å². The lowest BCUT2D eigenvalue weighted by Gasteiger charge is -2.11. The Bertz CT molecular complexity index is 1150. The van der Waals surface area contributed by atoms with Gasteiger partial charge in [-0.15, -0.1) is 0 Å².